The lowest BCUT2D eigenvalue weighted by atomic mass is 9.91. The summed E-state index contributed by atoms with van der Waals surface area (Å²) in [5.74, 6) is 3.16. The number of hydrogen-bond acceptors (Lipinski definition) is 7. The van der Waals surface area contributed by atoms with Gasteiger partial charge in [0.2, 0.25) is 5.95 Å². The van der Waals surface area contributed by atoms with Crippen LogP contribution in [0, 0.1) is 12.3 Å². The van der Waals surface area contributed by atoms with Gasteiger partial charge in [0.05, 0.1) is 11.9 Å². The van der Waals surface area contributed by atoms with Crippen LogP contribution in [-0.4, -0.2) is 19.9 Å². The molecule has 0 amide bonds. The molecule has 2 aromatic heterocycles. The van der Waals surface area contributed by atoms with Crippen molar-refractivity contribution < 1.29 is 0 Å². The predicted molar refractivity (Wildman–Crippen MR) is 97.5 cm³/mol. The standard InChI is InChI=1S/C17H16N6S/c1-2-3-11(10-4-6-13(24)7-5-10)8-12-9-20-16-14(21-12)15(18)22-17(19)23-16/h1,4-7,9,11,24H,3,8H2,(H4,18,19,20,22,23). The summed E-state index contributed by atoms with van der Waals surface area (Å²) in [6, 6.07) is 7.94. The van der Waals surface area contributed by atoms with Gasteiger partial charge in [-0.3, -0.25) is 0 Å². The first-order valence-electron chi connectivity index (χ1n) is 7.34. The molecule has 0 aliphatic heterocycles. The lowest BCUT2D eigenvalue weighted by Crippen LogP contribution is -2.07. The normalized spacial score (nSPS) is 12.0. The van der Waals surface area contributed by atoms with Crippen molar-refractivity contribution in [2.45, 2.75) is 23.7 Å². The number of hydrogen-bond donors (Lipinski definition) is 3. The van der Waals surface area contributed by atoms with E-state index in [0.29, 0.717) is 24.0 Å². The van der Waals surface area contributed by atoms with E-state index < -0.39 is 0 Å². The fraction of sp³-hybridized carbons (Fsp3) is 0.176. The molecule has 120 valence electrons. The van der Waals surface area contributed by atoms with Crippen molar-refractivity contribution in [3.63, 3.8) is 0 Å². The van der Waals surface area contributed by atoms with Crippen molar-refractivity contribution in [3.05, 3.63) is 41.7 Å². The Morgan fingerprint density at radius 3 is 2.58 bits per heavy atom. The molecule has 1 aromatic carbocycles. The highest BCUT2D eigenvalue weighted by Crippen LogP contribution is 2.25. The number of fused-ring (bicyclic) bond motifs is 1. The molecule has 3 rings (SSSR count). The van der Waals surface area contributed by atoms with Gasteiger partial charge in [0.15, 0.2) is 17.0 Å². The molecule has 1 unspecified atom stereocenters. The van der Waals surface area contributed by atoms with Crippen LogP contribution < -0.4 is 11.5 Å². The maximum atomic E-state index is 5.87. The monoisotopic (exact) mass is 336 g/mol. The van der Waals surface area contributed by atoms with Crippen LogP contribution in [0.1, 0.15) is 23.6 Å². The van der Waals surface area contributed by atoms with Crippen LogP contribution in [0.4, 0.5) is 11.8 Å². The summed E-state index contributed by atoms with van der Waals surface area (Å²) in [5.41, 5.74) is 14.2. The number of thiol groups is 1. The zero-order valence-electron chi connectivity index (χ0n) is 12.8. The van der Waals surface area contributed by atoms with Crippen molar-refractivity contribution in [2.75, 3.05) is 11.5 Å². The van der Waals surface area contributed by atoms with Crippen molar-refractivity contribution in [1.82, 2.24) is 19.9 Å². The molecule has 3 aromatic rings. The number of anilines is 2. The second kappa shape index (κ2) is 6.72. The van der Waals surface area contributed by atoms with E-state index in [1.54, 1.807) is 6.20 Å². The fourth-order valence-corrected chi connectivity index (χ4v) is 2.68. The molecule has 0 bridgehead atoms. The number of rotatable bonds is 4. The van der Waals surface area contributed by atoms with E-state index in [-0.39, 0.29) is 17.7 Å². The van der Waals surface area contributed by atoms with Gasteiger partial charge >= 0.3 is 0 Å². The third kappa shape index (κ3) is 3.39. The van der Waals surface area contributed by atoms with Gasteiger partial charge in [0.25, 0.3) is 0 Å². The molecule has 0 saturated carbocycles. The number of terminal acetylenes is 1. The molecule has 0 saturated heterocycles. The van der Waals surface area contributed by atoms with Gasteiger partial charge in [0, 0.05) is 17.2 Å². The minimum atomic E-state index is 0.0825. The molecule has 0 spiro atoms. The lowest BCUT2D eigenvalue weighted by molar-refractivity contribution is 0.691. The van der Waals surface area contributed by atoms with Crippen molar-refractivity contribution in [3.8, 4) is 12.3 Å². The fourth-order valence-electron chi connectivity index (χ4n) is 2.53. The molecule has 2 heterocycles. The summed E-state index contributed by atoms with van der Waals surface area (Å²) in [4.78, 5) is 17.7. The van der Waals surface area contributed by atoms with Gasteiger partial charge in [-0.15, -0.1) is 25.0 Å². The Morgan fingerprint density at radius 1 is 1.12 bits per heavy atom. The first-order valence-corrected chi connectivity index (χ1v) is 7.78. The van der Waals surface area contributed by atoms with Crippen LogP contribution in [0.25, 0.3) is 11.2 Å². The summed E-state index contributed by atoms with van der Waals surface area (Å²) >= 11 is 4.31. The maximum absolute atomic E-state index is 5.87. The number of benzene rings is 1. The highest BCUT2D eigenvalue weighted by molar-refractivity contribution is 7.80. The van der Waals surface area contributed by atoms with Gasteiger partial charge in [-0.1, -0.05) is 12.1 Å². The molecule has 0 aliphatic carbocycles. The van der Waals surface area contributed by atoms with E-state index in [1.165, 1.54) is 0 Å². The van der Waals surface area contributed by atoms with Crippen molar-refractivity contribution in [1.29, 1.82) is 0 Å². The van der Waals surface area contributed by atoms with Gasteiger partial charge in [-0.25, -0.2) is 9.97 Å². The van der Waals surface area contributed by atoms with E-state index in [1.807, 2.05) is 24.3 Å². The first kappa shape index (κ1) is 16.0. The van der Waals surface area contributed by atoms with E-state index in [2.05, 4.69) is 38.5 Å². The smallest absolute Gasteiger partial charge is 0.224 e. The van der Waals surface area contributed by atoms with Gasteiger partial charge in [-0.2, -0.15) is 9.97 Å². The molecular formula is C17H16N6S. The van der Waals surface area contributed by atoms with Crippen LogP contribution in [-0.2, 0) is 6.42 Å². The highest BCUT2D eigenvalue weighted by Gasteiger charge is 2.14. The van der Waals surface area contributed by atoms with Gasteiger partial charge in [0.1, 0.15) is 0 Å². The first-order chi connectivity index (χ1) is 11.6. The summed E-state index contributed by atoms with van der Waals surface area (Å²) in [6.07, 6.45) is 8.44. The number of nitrogens with zero attached hydrogens (tertiary/aromatic N) is 4. The molecule has 7 heteroatoms. The molecule has 4 N–H and O–H groups in total. The Hall–Kier alpha value is -2.85. The number of nitrogens with two attached hydrogens (primary N) is 2. The molecule has 0 aliphatic rings. The Morgan fingerprint density at radius 2 is 1.88 bits per heavy atom. The second-order valence-corrected chi connectivity index (χ2v) is 5.92. The zero-order valence-corrected chi connectivity index (χ0v) is 13.7. The molecule has 1 atom stereocenters. The highest BCUT2D eigenvalue weighted by atomic mass is 32.1. The topological polar surface area (TPSA) is 104 Å². The largest absolute Gasteiger partial charge is 0.382 e. The van der Waals surface area contributed by atoms with Gasteiger partial charge < -0.3 is 11.5 Å². The predicted octanol–water partition coefficient (Wildman–Crippen LogP) is 2.22. The Labute approximate surface area is 145 Å². The van der Waals surface area contributed by atoms with E-state index in [4.69, 9.17) is 17.9 Å². The minimum absolute atomic E-state index is 0.0825. The second-order valence-electron chi connectivity index (χ2n) is 5.40. The Bertz CT molecular complexity index is 917. The SMILES string of the molecule is C#CCC(Cc1cnc2nc(N)nc(N)c2n1)c1ccc(S)cc1. The van der Waals surface area contributed by atoms with E-state index >= 15 is 0 Å². The van der Waals surface area contributed by atoms with Gasteiger partial charge in [-0.05, 0) is 24.1 Å². The van der Waals surface area contributed by atoms with E-state index in [0.717, 1.165) is 16.2 Å². The summed E-state index contributed by atoms with van der Waals surface area (Å²) in [5, 5.41) is 0. The minimum Gasteiger partial charge on any atom is -0.382 e. The Balaban J connectivity index is 1.94. The zero-order chi connectivity index (χ0) is 17.1. The van der Waals surface area contributed by atoms with Crippen LogP contribution in [0.5, 0.6) is 0 Å². The molecule has 24 heavy (non-hydrogen) atoms. The quantitative estimate of drug-likeness (QED) is 0.498. The van der Waals surface area contributed by atoms with Crippen LogP contribution in [0.3, 0.4) is 0 Å². The average molecular weight is 336 g/mol. The third-order valence-corrected chi connectivity index (χ3v) is 3.98. The van der Waals surface area contributed by atoms with Crippen LogP contribution in [0.15, 0.2) is 35.4 Å². The number of nitrogen functional groups attached to an aromatic ring is 2. The summed E-state index contributed by atoms with van der Waals surface area (Å²) < 4.78 is 0. The summed E-state index contributed by atoms with van der Waals surface area (Å²) in [6.45, 7) is 0. The van der Waals surface area contributed by atoms with Crippen molar-refractivity contribution in [2.24, 2.45) is 0 Å². The lowest BCUT2D eigenvalue weighted by Gasteiger charge is -2.15. The average Bonchev–Trinajstić information content (AvgIpc) is 2.56. The molecule has 0 fully saturated rings. The van der Waals surface area contributed by atoms with E-state index in [9.17, 15) is 0 Å². The van der Waals surface area contributed by atoms with Crippen LogP contribution >= 0.6 is 12.6 Å². The van der Waals surface area contributed by atoms with Crippen molar-refractivity contribution >= 4 is 35.6 Å². The molecule has 6 nitrogen and oxygen atoms in total. The summed E-state index contributed by atoms with van der Waals surface area (Å²) in [7, 11) is 0. The third-order valence-electron chi connectivity index (χ3n) is 3.69. The van der Waals surface area contributed by atoms with Crippen LogP contribution in [0.2, 0.25) is 0 Å². The Kier molecular flexibility index (Phi) is 4.49. The molecule has 0 radical (unpaired) electrons. The maximum Gasteiger partial charge on any atom is 0.224 e. The number of aromatic nitrogens is 4. The molecular weight excluding hydrogens is 320 g/mol.